The number of anilines is 2. The summed E-state index contributed by atoms with van der Waals surface area (Å²) in [6, 6.07) is 16.6. The molecule has 32 heavy (non-hydrogen) atoms. The van der Waals surface area contributed by atoms with Gasteiger partial charge in [-0.2, -0.15) is 0 Å². The molecule has 1 amide bonds. The van der Waals surface area contributed by atoms with Crippen LogP contribution in [0.4, 0.5) is 10.8 Å². The third kappa shape index (κ3) is 4.44. The van der Waals surface area contributed by atoms with Crippen LogP contribution in [0, 0.1) is 13.8 Å². The number of methoxy groups -OCH3 is 1. The van der Waals surface area contributed by atoms with E-state index in [4.69, 9.17) is 4.74 Å². The number of sulfonamides is 1. The van der Waals surface area contributed by atoms with Crippen LogP contribution in [0.25, 0.3) is 10.2 Å². The van der Waals surface area contributed by atoms with Crippen LogP contribution in [0.2, 0.25) is 0 Å². The molecule has 4 aromatic rings. The van der Waals surface area contributed by atoms with Crippen molar-refractivity contribution in [1.82, 2.24) is 4.98 Å². The highest BCUT2D eigenvalue weighted by Crippen LogP contribution is 2.35. The molecule has 0 saturated carbocycles. The second kappa shape index (κ2) is 8.60. The molecule has 0 aliphatic heterocycles. The molecule has 1 heterocycles. The fourth-order valence-electron chi connectivity index (χ4n) is 3.15. The normalized spacial score (nSPS) is 11.3. The lowest BCUT2D eigenvalue weighted by Gasteiger charge is -2.10. The molecule has 4 rings (SSSR count). The van der Waals surface area contributed by atoms with Crippen LogP contribution in [-0.2, 0) is 10.0 Å². The van der Waals surface area contributed by atoms with Gasteiger partial charge in [0.25, 0.3) is 15.9 Å². The van der Waals surface area contributed by atoms with Crippen molar-refractivity contribution in [2.24, 2.45) is 0 Å². The van der Waals surface area contributed by atoms with Gasteiger partial charge in [-0.15, -0.1) is 0 Å². The van der Waals surface area contributed by atoms with Crippen molar-refractivity contribution in [2.45, 2.75) is 18.7 Å². The number of carbonyl (C=O) groups is 1. The molecule has 0 fully saturated rings. The maximum Gasteiger partial charge on any atom is 0.261 e. The zero-order valence-corrected chi connectivity index (χ0v) is 19.3. The highest BCUT2D eigenvalue weighted by atomic mass is 32.2. The molecule has 7 nitrogen and oxygen atoms in total. The van der Waals surface area contributed by atoms with E-state index in [0.29, 0.717) is 27.6 Å². The van der Waals surface area contributed by atoms with Crippen LogP contribution in [0.3, 0.4) is 0 Å². The lowest BCUT2D eigenvalue weighted by atomic mass is 10.2. The number of rotatable bonds is 6. The number of nitrogens with zero attached hydrogens (tertiary/aromatic N) is 1. The number of fused-ring (bicyclic) bond motifs is 1. The first-order valence-electron chi connectivity index (χ1n) is 9.72. The predicted molar refractivity (Wildman–Crippen MR) is 127 cm³/mol. The second-order valence-electron chi connectivity index (χ2n) is 7.23. The molecule has 2 N–H and O–H groups in total. The molecule has 0 saturated heterocycles. The summed E-state index contributed by atoms with van der Waals surface area (Å²) in [5.41, 5.74) is 3.28. The Balaban J connectivity index is 1.56. The van der Waals surface area contributed by atoms with Crippen molar-refractivity contribution in [3.63, 3.8) is 0 Å². The Hall–Kier alpha value is -3.43. The van der Waals surface area contributed by atoms with Gasteiger partial charge in [0.1, 0.15) is 11.3 Å². The van der Waals surface area contributed by atoms with Crippen molar-refractivity contribution < 1.29 is 17.9 Å². The fourth-order valence-corrected chi connectivity index (χ4v) is 5.15. The third-order valence-electron chi connectivity index (χ3n) is 4.85. The summed E-state index contributed by atoms with van der Waals surface area (Å²) in [7, 11) is -2.19. The van der Waals surface area contributed by atoms with E-state index >= 15 is 0 Å². The minimum Gasteiger partial charge on any atom is -0.494 e. The first-order chi connectivity index (χ1) is 15.3. The third-order valence-corrected chi connectivity index (χ3v) is 7.36. The number of thiazole rings is 1. The summed E-state index contributed by atoms with van der Waals surface area (Å²) >= 11 is 1.35. The SMILES string of the molecule is COc1ccc(C)c2sc(NC(=O)c3cccc(NS(=O)(=O)c4ccc(C)cc4)c3)nc12. The number of aryl methyl sites for hydroxylation is 2. The van der Waals surface area contributed by atoms with Gasteiger partial charge in [0.15, 0.2) is 5.13 Å². The molecule has 1 aromatic heterocycles. The molecule has 0 unspecified atom stereocenters. The predicted octanol–water partition coefficient (Wildman–Crippen LogP) is 4.97. The number of aromatic nitrogens is 1. The summed E-state index contributed by atoms with van der Waals surface area (Å²) in [4.78, 5) is 17.4. The van der Waals surface area contributed by atoms with Crippen molar-refractivity contribution in [3.05, 3.63) is 77.4 Å². The first kappa shape index (κ1) is 21.8. The zero-order chi connectivity index (χ0) is 22.9. The van der Waals surface area contributed by atoms with Crippen LogP contribution < -0.4 is 14.8 Å². The Morgan fingerprint density at radius 3 is 2.50 bits per heavy atom. The van der Waals surface area contributed by atoms with E-state index in [1.165, 1.54) is 29.5 Å². The summed E-state index contributed by atoms with van der Waals surface area (Å²) in [5, 5.41) is 3.22. The quantitative estimate of drug-likeness (QED) is 0.417. The van der Waals surface area contributed by atoms with Gasteiger partial charge in [0, 0.05) is 11.3 Å². The summed E-state index contributed by atoms with van der Waals surface area (Å²) < 4.78 is 34.1. The lowest BCUT2D eigenvalue weighted by molar-refractivity contribution is 0.102. The van der Waals surface area contributed by atoms with Gasteiger partial charge in [-0.05, 0) is 55.8 Å². The van der Waals surface area contributed by atoms with E-state index in [2.05, 4.69) is 15.0 Å². The Morgan fingerprint density at radius 1 is 1.03 bits per heavy atom. The van der Waals surface area contributed by atoms with Crippen LogP contribution >= 0.6 is 11.3 Å². The highest BCUT2D eigenvalue weighted by Gasteiger charge is 2.17. The van der Waals surface area contributed by atoms with E-state index in [-0.39, 0.29) is 4.90 Å². The van der Waals surface area contributed by atoms with Gasteiger partial charge < -0.3 is 4.74 Å². The molecule has 0 aliphatic rings. The Morgan fingerprint density at radius 2 is 1.78 bits per heavy atom. The lowest BCUT2D eigenvalue weighted by Crippen LogP contribution is -2.15. The second-order valence-corrected chi connectivity index (χ2v) is 9.92. The van der Waals surface area contributed by atoms with Gasteiger partial charge in [0.2, 0.25) is 0 Å². The largest absolute Gasteiger partial charge is 0.494 e. The highest BCUT2D eigenvalue weighted by molar-refractivity contribution is 7.92. The maximum atomic E-state index is 12.8. The minimum atomic E-state index is -3.77. The average Bonchev–Trinajstić information content (AvgIpc) is 3.19. The van der Waals surface area contributed by atoms with E-state index < -0.39 is 15.9 Å². The number of benzene rings is 3. The summed E-state index contributed by atoms with van der Waals surface area (Å²) in [5.74, 6) is 0.243. The first-order valence-corrected chi connectivity index (χ1v) is 12.0. The smallest absolute Gasteiger partial charge is 0.261 e. The Kier molecular flexibility index (Phi) is 5.86. The molecule has 0 atom stereocenters. The number of nitrogens with one attached hydrogen (secondary N) is 2. The van der Waals surface area contributed by atoms with Crippen molar-refractivity contribution in [1.29, 1.82) is 0 Å². The molecule has 9 heteroatoms. The van der Waals surface area contributed by atoms with Crippen LogP contribution in [0.15, 0.2) is 65.6 Å². The minimum absolute atomic E-state index is 0.150. The number of carbonyl (C=O) groups excluding carboxylic acids is 1. The van der Waals surface area contributed by atoms with Crippen LogP contribution in [0.1, 0.15) is 21.5 Å². The Bertz CT molecular complexity index is 1410. The van der Waals surface area contributed by atoms with Crippen molar-refractivity contribution >= 4 is 48.3 Å². The summed E-state index contributed by atoms with van der Waals surface area (Å²) in [6.45, 7) is 3.85. The van der Waals surface area contributed by atoms with Gasteiger partial charge in [0.05, 0.1) is 16.7 Å². The molecule has 0 bridgehead atoms. The number of hydrogen-bond acceptors (Lipinski definition) is 6. The van der Waals surface area contributed by atoms with E-state index in [1.807, 2.05) is 26.0 Å². The van der Waals surface area contributed by atoms with E-state index in [0.717, 1.165) is 15.8 Å². The molecule has 164 valence electrons. The molecular weight excluding hydrogens is 446 g/mol. The zero-order valence-electron chi connectivity index (χ0n) is 17.7. The molecule has 0 radical (unpaired) electrons. The monoisotopic (exact) mass is 467 g/mol. The van der Waals surface area contributed by atoms with E-state index in [9.17, 15) is 13.2 Å². The molecule has 0 aliphatic carbocycles. The molecular formula is C23H21N3O4S2. The fraction of sp³-hybridized carbons (Fsp3) is 0.130. The standard InChI is InChI=1S/C23H21N3O4S2/c1-14-7-10-18(11-8-14)32(28,29)26-17-6-4-5-16(13-17)22(27)25-23-24-20-19(30-3)12-9-15(2)21(20)31-23/h4-13,26H,1-3H3,(H,24,25,27). The van der Waals surface area contributed by atoms with Gasteiger partial charge >= 0.3 is 0 Å². The summed E-state index contributed by atoms with van der Waals surface area (Å²) in [6.07, 6.45) is 0. The Labute approximate surface area is 190 Å². The van der Waals surface area contributed by atoms with E-state index in [1.54, 1.807) is 37.4 Å². The number of amides is 1. The van der Waals surface area contributed by atoms with Crippen molar-refractivity contribution in [3.8, 4) is 5.75 Å². The maximum absolute atomic E-state index is 12.8. The van der Waals surface area contributed by atoms with Crippen molar-refractivity contribution in [2.75, 3.05) is 17.1 Å². The molecule has 3 aromatic carbocycles. The number of hydrogen-bond donors (Lipinski definition) is 2. The number of ether oxygens (including phenoxy) is 1. The van der Waals surface area contributed by atoms with Gasteiger partial charge in [-0.3, -0.25) is 14.8 Å². The van der Waals surface area contributed by atoms with Crippen LogP contribution in [-0.4, -0.2) is 26.4 Å². The topological polar surface area (TPSA) is 97.4 Å². The van der Waals surface area contributed by atoms with Crippen LogP contribution in [0.5, 0.6) is 5.75 Å². The van der Waals surface area contributed by atoms with Gasteiger partial charge in [-0.1, -0.05) is 41.2 Å². The average molecular weight is 468 g/mol. The van der Waals surface area contributed by atoms with Gasteiger partial charge in [-0.25, -0.2) is 13.4 Å². The molecule has 0 spiro atoms.